The SMILES string of the molecule is CCNC(=O)C(CC)N(Cc1c(Cl)cccc1Cl)C(=O)CN(c1ccc(C)cc1)S(C)(=O)=O. The van der Waals surface area contributed by atoms with E-state index in [0.29, 0.717) is 34.3 Å². The van der Waals surface area contributed by atoms with Crippen molar-refractivity contribution in [2.75, 3.05) is 23.7 Å². The van der Waals surface area contributed by atoms with E-state index in [1.54, 1.807) is 56.3 Å². The molecule has 0 aliphatic carbocycles. The molecule has 180 valence electrons. The van der Waals surface area contributed by atoms with E-state index in [1.807, 2.05) is 6.92 Å². The molecule has 1 atom stereocenters. The summed E-state index contributed by atoms with van der Waals surface area (Å²) in [6, 6.07) is 11.0. The third-order valence-electron chi connectivity index (χ3n) is 5.13. The second-order valence-corrected chi connectivity index (χ2v) is 10.4. The second kappa shape index (κ2) is 11.7. The van der Waals surface area contributed by atoms with Gasteiger partial charge in [0, 0.05) is 28.7 Å². The number of carbonyl (C=O) groups is 2. The van der Waals surface area contributed by atoms with Crippen LogP contribution in [0.3, 0.4) is 0 Å². The van der Waals surface area contributed by atoms with Crippen LogP contribution < -0.4 is 9.62 Å². The van der Waals surface area contributed by atoms with Crippen LogP contribution in [-0.4, -0.2) is 50.5 Å². The lowest BCUT2D eigenvalue weighted by Gasteiger charge is -2.33. The fraction of sp³-hybridized carbons (Fsp3) is 0.391. The summed E-state index contributed by atoms with van der Waals surface area (Å²) in [4.78, 5) is 27.6. The number of likely N-dealkylation sites (N-methyl/N-ethyl adjacent to an activating group) is 1. The number of hydrogen-bond donors (Lipinski definition) is 1. The van der Waals surface area contributed by atoms with Gasteiger partial charge < -0.3 is 10.2 Å². The summed E-state index contributed by atoms with van der Waals surface area (Å²) in [6.07, 6.45) is 1.36. The highest BCUT2D eigenvalue weighted by atomic mass is 35.5. The number of anilines is 1. The van der Waals surface area contributed by atoms with Gasteiger partial charge in [-0.3, -0.25) is 13.9 Å². The van der Waals surface area contributed by atoms with Gasteiger partial charge in [-0.15, -0.1) is 0 Å². The quantitative estimate of drug-likeness (QED) is 0.519. The van der Waals surface area contributed by atoms with Gasteiger partial charge in [-0.2, -0.15) is 0 Å². The average molecular weight is 514 g/mol. The van der Waals surface area contributed by atoms with Crippen molar-refractivity contribution in [1.29, 1.82) is 0 Å². The predicted octanol–water partition coefficient (Wildman–Crippen LogP) is 4.01. The molecule has 2 rings (SSSR count). The van der Waals surface area contributed by atoms with Crippen LogP contribution >= 0.6 is 23.2 Å². The Labute approximate surface area is 205 Å². The molecule has 0 aliphatic heterocycles. The molecule has 7 nitrogen and oxygen atoms in total. The van der Waals surface area contributed by atoms with Crippen LogP contribution in [0.4, 0.5) is 5.69 Å². The Balaban J connectivity index is 2.48. The standard InChI is InChI=1S/C23H29Cl2N3O4S/c1-5-21(23(30)26-6-2)27(14-18-19(24)8-7-9-20(18)25)22(29)15-28(33(4,31)32)17-12-10-16(3)11-13-17/h7-13,21H,5-6,14-15H2,1-4H3,(H,26,30). The summed E-state index contributed by atoms with van der Waals surface area (Å²) < 4.78 is 26.1. The van der Waals surface area contributed by atoms with Gasteiger partial charge in [-0.05, 0) is 44.5 Å². The Morgan fingerprint density at radius 2 is 1.61 bits per heavy atom. The predicted molar refractivity (Wildman–Crippen MR) is 133 cm³/mol. The van der Waals surface area contributed by atoms with Crippen molar-refractivity contribution >= 4 is 50.7 Å². The first-order chi connectivity index (χ1) is 15.5. The number of benzene rings is 2. The topological polar surface area (TPSA) is 86.8 Å². The minimum Gasteiger partial charge on any atom is -0.355 e. The Morgan fingerprint density at radius 3 is 2.09 bits per heavy atom. The molecule has 0 saturated heterocycles. The molecule has 0 heterocycles. The van der Waals surface area contributed by atoms with Crippen molar-refractivity contribution in [1.82, 2.24) is 10.2 Å². The highest BCUT2D eigenvalue weighted by Gasteiger charge is 2.32. The van der Waals surface area contributed by atoms with Gasteiger partial charge >= 0.3 is 0 Å². The molecular weight excluding hydrogens is 485 g/mol. The number of nitrogens with zero attached hydrogens (tertiary/aromatic N) is 2. The first-order valence-corrected chi connectivity index (χ1v) is 13.1. The molecule has 0 radical (unpaired) electrons. The highest BCUT2D eigenvalue weighted by molar-refractivity contribution is 7.92. The molecule has 2 amide bonds. The zero-order valence-electron chi connectivity index (χ0n) is 19.1. The number of aryl methyl sites for hydroxylation is 1. The van der Waals surface area contributed by atoms with Gasteiger partial charge in [0.05, 0.1) is 11.9 Å². The zero-order chi connectivity index (χ0) is 24.8. The van der Waals surface area contributed by atoms with Gasteiger partial charge in [0.15, 0.2) is 0 Å². The number of sulfonamides is 1. The van der Waals surface area contributed by atoms with Gasteiger partial charge in [0.1, 0.15) is 12.6 Å². The third-order valence-corrected chi connectivity index (χ3v) is 6.98. The van der Waals surface area contributed by atoms with Crippen molar-refractivity contribution in [2.45, 2.75) is 39.8 Å². The van der Waals surface area contributed by atoms with E-state index in [2.05, 4.69) is 5.32 Å². The van der Waals surface area contributed by atoms with E-state index in [4.69, 9.17) is 23.2 Å². The molecule has 2 aromatic carbocycles. The lowest BCUT2D eigenvalue weighted by Crippen LogP contribution is -2.52. The van der Waals surface area contributed by atoms with Gasteiger partial charge in [-0.25, -0.2) is 8.42 Å². The van der Waals surface area contributed by atoms with Crippen LogP contribution in [0, 0.1) is 6.92 Å². The summed E-state index contributed by atoms with van der Waals surface area (Å²) >= 11 is 12.7. The number of halogens is 2. The molecule has 33 heavy (non-hydrogen) atoms. The Morgan fingerprint density at radius 1 is 1.03 bits per heavy atom. The van der Waals surface area contributed by atoms with Crippen LogP contribution in [0.5, 0.6) is 0 Å². The smallest absolute Gasteiger partial charge is 0.244 e. The molecule has 0 spiro atoms. The van der Waals surface area contributed by atoms with E-state index in [9.17, 15) is 18.0 Å². The Bertz CT molecular complexity index is 1070. The van der Waals surface area contributed by atoms with Crippen LogP contribution in [0.15, 0.2) is 42.5 Å². The molecule has 0 aromatic heterocycles. The summed E-state index contributed by atoms with van der Waals surface area (Å²) in [5.41, 5.74) is 1.80. The Hall–Kier alpha value is -2.29. The molecule has 0 fully saturated rings. The van der Waals surface area contributed by atoms with E-state index >= 15 is 0 Å². The molecule has 10 heteroatoms. The summed E-state index contributed by atoms with van der Waals surface area (Å²) in [5, 5.41) is 3.44. The van der Waals surface area contributed by atoms with Crippen molar-refractivity contribution in [2.24, 2.45) is 0 Å². The monoisotopic (exact) mass is 513 g/mol. The van der Waals surface area contributed by atoms with E-state index < -0.39 is 28.5 Å². The molecule has 0 bridgehead atoms. The van der Waals surface area contributed by atoms with Crippen LogP contribution in [-0.2, 0) is 26.2 Å². The maximum atomic E-state index is 13.5. The van der Waals surface area contributed by atoms with Crippen molar-refractivity contribution in [3.05, 3.63) is 63.6 Å². The number of hydrogen-bond acceptors (Lipinski definition) is 4. The van der Waals surface area contributed by atoms with E-state index in [0.717, 1.165) is 16.1 Å². The Kier molecular flexibility index (Phi) is 9.57. The number of rotatable bonds is 10. The lowest BCUT2D eigenvalue weighted by atomic mass is 10.1. The van der Waals surface area contributed by atoms with Gasteiger partial charge in [-0.1, -0.05) is 53.9 Å². The average Bonchev–Trinajstić information content (AvgIpc) is 2.74. The molecular formula is C23H29Cl2N3O4S. The van der Waals surface area contributed by atoms with Crippen LogP contribution in [0.1, 0.15) is 31.4 Å². The molecule has 1 N–H and O–H groups in total. The molecule has 0 aliphatic rings. The number of nitrogens with one attached hydrogen (secondary N) is 1. The molecule has 1 unspecified atom stereocenters. The largest absolute Gasteiger partial charge is 0.355 e. The maximum Gasteiger partial charge on any atom is 0.244 e. The van der Waals surface area contributed by atoms with Crippen LogP contribution in [0.25, 0.3) is 0 Å². The summed E-state index contributed by atoms with van der Waals surface area (Å²) in [5.74, 6) is -0.882. The summed E-state index contributed by atoms with van der Waals surface area (Å²) in [7, 11) is -3.78. The number of amides is 2. The van der Waals surface area contributed by atoms with Gasteiger partial charge in [0.25, 0.3) is 0 Å². The number of carbonyl (C=O) groups excluding carboxylic acids is 2. The van der Waals surface area contributed by atoms with E-state index in [-0.39, 0.29) is 12.5 Å². The van der Waals surface area contributed by atoms with E-state index in [1.165, 1.54) is 4.90 Å². The minimum absolute atomic E-state index is 0.0432. The lowest BCUT2D eigenvalue weighted by molar-refractivity contribution is -0.140. The second-order valence-electron chi connectivity index (χ2n) is 7.65. The maximum absolute atomic E-state index is 13.5. The van der Waals surface area contributed by atoms with Crippen molar-refractivity contribution < 1.29 is 18.0 Å². The first kappa shape index (κ1) is 27.0. The molecule has 0 saturated carbocycles. The van der Waals surface area contributed by atoms with Crippen LogP contribution in [0.2, 0.25) is 10.0 Å². The highest BCUT2D eigenvalue weighted by Crippen LogP contribution is 2.27. The third kappa shape index (κ3) is 7.09. The van der Waals surface area contributed by atoms with Crippen molar-refractivity contribution in [3.8, 4) is 0 Å². The first-order valence-electron chi connectivity index (χ1n) is 10.5. The zero-order valence-corrected chi connectivity index (χ0v) is 21.5. The van der Waals surface area contributed by atoms with Gasteiger partial charge in [0.2, 0.25) is 21.8 Å². The fourth-order valence-electron chi connectivity index (χ4n) is 3.39. The molecule has 2 aromatic rings. The minimum atomic E-state index is -3.78. The van der Waals surface area contributed by atoms with Crippen molar-refractivity contribution in [3.63, 3.8) is 0 Å². The fourth-order valence-corrected chi connectivity index (χ4v) is 4.76. The normalized spacial score (nSPS) is 12.2. The summed E-state index contributed by atoms with van der Waals surface area (Å²) in [6.45, 7) is 5.32.